The van der Waals surface area contributed by atoms with E-state index in [4.69, 9.17) is 6.42 Å². The second-order valence-electron chi connectivity index (χ2n) is 4.55. The standard InChI is InChI=1S/C13H22O/c1-3-5-11-7-9-12(10-8-11)13(14)6-4-2/h2,11-14H,3,5-10H2,1H3. The zero-order valence-corrected chi connectivity index (χ0v) is 9.21. The Kier molecular flexibility index (Phi) is 5.04. The lowest BCUT2D eigenvalue weighted by molar-refractivity contribution is 0.0765. The Labute approximate surface area is 87.9 Å². The van der Waals surface area contributed by atoms with Crippen LogP contribution in [0.1, 0.15) is 51.9 Å². The molecule has 1 atom stereocenters. The Hall–Kier alpha value is -0.480. The molecule has 1 fully saturated rings. The fourth-order valence-electron chi connectivity index (χ4n) is 2.56. The van der Waals surface area contributed by atoms with Crippen molar-refractivity contribution < 1.29 is 5.11 Å². The van der Waals surface area contributed by atoms with Crippen molar-refractivity contribution in [3.05, 3.63) is 0 Å². The van der Waals surface area contributed by atoms with Crippen LogP contribution in [0.25, 0.3) is 0 Å². The van der Waals surface area contributed by atoms with Crippen molar-refractivity contribution in [2.24, 2.45) is 11.8 Å². The molecule has 1 aliphatic carbocycles. The highest BCUT2D eigenvalue weighted by atomic mass is 16.3. The first-order valence-corrected chi connectivity index (χ1v) is 5.89. The second kappa shape index (κ2) is 6.09. The van der Waals surface area contributed by atoms with E-state index >= 15 is 0 Å². The minimum Gasteiger partial charge on any atom is -0.392 e. The van der Waals surface area contributed by atoms with Gasteiger partial charge in [0.1, 0.15) is 0 Å². The van der Waals surface area contributed by atoms with E-state index in [1.165, 1.54) is 38.5 Å². The molecule has 0 bridgehead atoms. The van der Waals surface area contributed by atoms with Gasteiger partial charge in [-0.25, -0.2) is 0 Å². The van der Waals surface area contributed by atoms with Crippen LogP contribution in [0.15, 0.2) is 0 Å². The molecular formula is C13H22O. The highest BCUT2D eigenvalue weighted by Crippen LogP contribution is 2.33. The van der Waals surface area contributed by atoms with Crippen molar-refractivity contribution in [3.63, 3.8) is 0 Å². The molecule has 1 unspecified atom stereocenters. The summed E-state index contributed by atoms with van der Waals surface area (Å²) < 4.78 is 0. The Balaban J connectivity index is 2.25. The molecule has 0 heterocycles. The lowest BCUT2D eigenvalue weighted by Gasteiger charge is -2.30. The normalized spacial score (nSPS) is 29.5. The maximum Gasteiger partial charge on any atom is 0.0677 e. The van der Waals surface area contributed by atoms with E-state index in [0.29, 0.717) is 12.3 Å². The highest BCUT2D eigenvalue weighted by molar-refractivity contribution is 4.90. The number of aliphatic hydroxyl groups is 1. The van der Waals surface area contributed by atoms with Gasteiger partial charge in [-0.15, -0.1) is 12.3 Å². The predicted octanol–water partition coefficient (Wildman–Crippen LogP) is 2.98. The second-order valence-corrected chi connectivity index (χ2v) is 4.55. The minimum absolute atomic E-state index is 0.248. The van der Waals surface area contributed by atoms with E-state index in [0.717, 1.165) is 5.92 Å². The van der Waals surface area contributed by atoms with Gasteiger partial charge in [0.15, 0.2) is 0 Å². The quantitative estimate of drug-likeness (QED) is 0.682. The summed E-state index contributed by atoms with van der Waals surface area (Å²) in [6.45, 7) is 2.25. The van der Waals surface area contributed by atoms with Gasteiger partial charge in [-0.1, -0.05) is 32.6 Å². The summed E-state index contributed by atoms with van der Waals surface area (Å²) in [6.07, 6.45) is 13.1. The summed E-state index contributed by atoms with van der Waals surface area (Å²) in [5.74, 6) is 3.93. The van der Waals surface area contributed by atoms with Gasteiger partial charge in [0, 0.05) is 6.42 Å². The van der Waals surface area contributed by atoms with Gasteiger partial charge < -0.3 is 5.11 Å². The largest absolute Gasteiger partial charge is 0.392 e. The van der Waals surface area contributed by atoms with Gasteiger partial charge in [0.2, 0.25) is 0 Å². The molecular weight excluding hydrogens is 172 g/mol. The first-order valence-electron chi connectivity index (χ1n) is 5.89. The lowest BCUT2D eigenvalue weighted by atomic mass is 9.77. The van der Waals surface area contributed by atoms with Crippen LogP contribution in [0.3, 0.4) is 0 Å². The molecule has 80 valence electrons. The van der Waals surface area contributed by atoms with Crippen molar-refractivity contribution in [3.8, 4) is 12.3 Å². The number of hydrogen-bond donors (Lipinski definition) is 1. The summed E-state index contributed by atoms with van der Waals surface area (Å²) in [4.78, 5) is 0. The van der Waals surface area contributed by atoms with Crippen molar-refractivity contribution in [2.75, 3.05) is 0 Å². The number of hydrogen-bond acceptors (Lipinski definition) is 1. The van der Waals surface area contributed by atoms with E-state index < -0.39 is 0 Å². The molecule has 0 aromatic heterocycles. The summed E-state index contributed by atoms with van der Waals surface area (Å²) in [7, 11) is 0. The van der Waals surface area contributed by atoms with Crippen molar-refractivity contribution in [2.45, 2.75) is 58.0 Å². The van der Waals surface area contributed by atoms with Crippen molar-refractivity contribution >= 4 is 0 Å². The zero-order valence-electron chi connectivity index (χ0n) is 9.21. The monoisotopic (exact) mass is 194 g/mol. The van der Waals surface area contributed by atoms with Gasteiger partial charge >= 0.3 is 0 Å². The molecule has 0 aromatic carbocycles. The van der Waals surface area contributed by atoms with Crippen LogP contribution < -0.4 is 0 Å². The lowest BCUT2D eigenvalue weighted by Crippen LogP contribution is -2.25. The molecule has 0 saturated heterocycles. The predicted molar refractivity (Wildman–Crippen MR) is 59.8 cm³/mol. The van der Waals surface area contributed by atoms with E-state index in [1.54, 1.807) is 0 Å². The molecule has 1 N–H and O–H groups in total. The van der Waals surface area contributed by atoms with Crippen molar-refractivity contribution in [1.82, 2.24) is 0 Å². The molecule has 1 aliphatic rings. The molecule has 1 rings (SSSR count). The smallest absolute Gasteiger partial charge is 0.0677 e. The molecule has 0 radical (unpaired) electrons. The summed E-state index contributed by atoms with van der Waals surface area (Å²) in [5, 5.41) is 9.75. The molecule has 0 aromatic rings. The maximum absolute atomic E-state index is 9.75. The Morgan fingerprint density at radius 1 is 1.36 bits per heavy atom. The van der Waals surface area contributed by atoms with E-state index in [2.05, 4.69) is 12.8 Å². The Bertz CT molecular complexity index is 184. The van der Waals surface area contributed by atoms with Gasteiger partial charge in [-0.3, -0.25) is 0 Å². The van der Waals surface area contributed by atoms with Crippen LogP contribution in [0.2, 0.25) is 0 Å². The van der Waals surface area contributed by atoms with Crippen LogP contribution in [-0.4, -0.2) is 11.2 Å². The van der Waals surface area contributed by atoms with Crippen LogP contribution in [0, 0.1) is 24.2 Å². The number of terminal acetylenes is 1. The average Bonchev–Trinajstić information content (AvgIpc) is 2.20. The van der Waals surface area contributed by atoms with E-state index in [9.17, 15) is 5.11 Å². The highest BCUT2D eigenvalue weighted by Gasteiger charge is 2.25. The number of aliphatic hydroxyl groups excluding tert-OH is 1. The molecule has 1 saturated carbocycles. The van der Waals surface area contributed by atoms with Crippen LogP contribution >= 0.6 is 0 Å². The van der Waals surface area contributed by atoms with Gasteiger partial charge in [0.05, 0.1) is 6.10 Å². The number of rotatable bonds is 4. The maximum atomic E-state index is 9.75. The zero-order chi connectivity index (χ0) is 10.4. The Morgan fingerprint density at radius 3 is 2.50 bits per heavy atom. The Morgan fingerprint density at radius 2 is 2.00 bits per heavy atom. The third-order valence-corrected chi connectivity index (χ3v) is 3.46. The summed E-state index contributed by atoms with van der Waals surface area (Å²) in [5.41, 5.74) is 0. The van der Waals surface area contributed by atoms with E-state index in [1.807, 2.05) is 0 Å². The minimum atomic E-state index is -0.248. The molecule has 1 heteroatoms. The molecule has 0 amide bonds. The first-order chi connectivity index (χ1) is 6.77. The third-order valence-electron chi connectivity index (χ3n) is 3.46. The fraction of sp³-hybridized carbons (Fsp3) is 0.846. The topological polar surface area (TPSA) is 20.2 Å². The fourth-order valence-corrected chi connectivity index (χ4v) is 2.56. The third kappa shape index (κ3) is 3.35. The first kappa shape index (κ1) is 11.6. The van der Waals surface area contributed by atoms with Crippen LogP contribution in [0.5, 0.6) is 0 Å². The molecule has 1 nitrogen and oxygen atoms in total. The SMILES string of the molecule is C#CCC(O)C1CCC(CCC)CC1. The summed E-state index contributed by atoms with van der Waals surface area (Å²) >= 11 is 0. The molecule has 0 aliphatic heterocycles. The molecule has 0 spiro atoms. The average molecular weight is 194 g/mol. The summed E-state index contributed by atoms with van der Waals surface area (Å²) in [6, 6.07) is 0. The van der Waals surface area contributed by atoms with Crippen molar-refractivity contribution in [1.29, 1.82) is 0 Å². The van der Waals surface area contributed by atoms with Crippen LogP contribution in [0.4, 0.5) is 0 Å². The van der Waals surface area contributed by atoms with Gasteiger partial charge in [-0.05, 0) is 24.7 Å². The van der Waals surface area contributed by atoms with Gasteiger partial charge in [0.25, 0.3) is 0 Å². The molecule has 14 heavy (non-hydrogen) atoms. The van der Waals surface area contributed by atoms with E-state index in [-0.39, 0.29) is 6.10 Å². The van der Waals surface area contributed by atoms with Crippen LogP contribution in [-0.2, 0) is 0 Å². The van der Waals surface area contributed by atoms with Gasteiger partial charge in [-0.2, -0.15) is 0 Å².